The van der Waals surface area contributed by atoms with E-state index < -0.39 is 53.0 Å². The molecule has 3 heterocycles. The summed E-state index contributed by atoms with van der Waals surface area (Å²) < 4.78 is 11.2. The van der Waals surface area contributed by atoms with Crippen molar-refractivity contribution in [2.24, 2.45) is 4.99 Å². The van der Waals surface area contributed by atoms with E-state index in [1.165, 1.54) is 0 Å². The van der Waals surface area contributed by atoms with Crippen LogP contribution in [0, 0.1) is 0 Å². The highest BCUT2D eigenvalue weighted by atomic mass is 16.8. The van der Waals surface area contributed by atoms with Gasteiger partial charge < -0.3 is 4.74 Å². The Bertz CT molecular complexity index is 1100. The maximum absolute atomic E-state index is 13.3. The molecule has 3 fully saturated rings. The quantitative estimate of drug-likeness (QED) is 0.523. The second-order valence-electron chi connectivity index (χ2n) is 7.63. The SMILES string of the molecule is CN1C(=O)N(C)C(=O)C2(OC(=NCc3ccccc3)C3(O2)C(=O)N(C)C(=O)N(C)C3=O)C1=O. The summed E-state index contributed by atoms with van der Waals surface area (Å²) in [5.74, 6) is -8.42. The van der Waals surface area contributed by atoms with Crippen LogP contribution in [0.4, 0.5) is 9.59 Å². The molecule has 4 rings (SSSR count). The lowest BCUT2D eigenvalue weighted by molar-refractivity contribution is -0.216. The summed E-state index contributed by atoms with van der Waals surface area (Å²) in [4.78, 5) is 83.6. The second kappa shape index (κ2) is 7.20. The third-order valence-corrected chi connectivity index (χ3v) is 5.62. The number of nitrogens with zero attached hydrogens (tertiary/aromatic N) is 5. The average Bonchev–Trinajstić information content (AvgIpc) is 3.18. The first-order valence-electron chi connectivity index (χ1n) is 9.67. The molecule has 3 aliphatic heterocycles. The third-order valence-electron chi connectivity index (χ3n) is 5.62. The molecule has 0 aliphatic carbocycles. The van der Waals surface area contributed by atoms with Crippen molar-refractivity contribution in [1.82, 2.24) is 19.6 Å². The van der Waals surface area contributed by atoms with Crippen LogP contribution < -0.4 is 0 Å². The number of rotatable bonds is 2. The van der Waals surface area contributed by atoms with E-state index in [9.17, 15) is 28.8 Å². The first-order chi connectivity index (χ1) is 15.5. The van der Waals surface area contributed by atoms with Gasteiger partial charge in [-0.15, -0.1) is 0 Å². The number of ether oxygens (including phenoxy) is 2. The fraction of sp³-hybridized carbons (Fsp3) is 0.350. The van der Waals surface area contributed by atoms with Crippen molar-refractivity contribution in [3.63, 3.8) is 0 Å². The predicted octanol–water partition coefficient (Wildman–Crippen LogP) is -0.832. The Kier molecular flexibility index (Phi) is 4.82. The number of aliphatic imine (C=N–C) groups is 1. The van der Waals surface area contributed by atoms with Crippen molar-refractivity contribution in [3.05, 3.63) is 35.9 Å². The molecule has 13 nitrogen and oxygen atoms in total. The molecule has 0 unspecified atom stereocenters. The lowest BCUT2D eigenvalue weighted by Crippen LogP contribution is -2.72. The predicted molar refractivity (Wildman–Crippen MR) is 107 cm³/mol. The Hall–Kier alpha value is -4.13. The third kappa shape index (κ3) is 2.78. The van der Waals surface area contributed by atoms with Gasteiger partial charge in [-0.1, -0.05) is 30.3 Å². The average molecular weight is 457 g/mol. The molecule has 33 heavy (non-hydrogen) atoms. The molecular weight excluding hydrogens is 438 g/mol. The van der Waals surface area contributed by atoms with E-state index in [1.807, 2.05) is 0 Å². The van der Waals surface area contributed by atoms with Crippen molar-refractivity contribution in [3.8, 4) is 0 Å². The first-order valence-corrected chi connectivity index (χ1v) is 9.67. The smallest absolute Gasteiger partial charge is 0.377 e. The highest BCUT2D eigenvalue weighted by Crippen LogP contribution is 2.42. The van der Waals surface area contributed by atoms with Gasteiger partial charge in [0.25, 0.3) is 11.8 Å². The van der Waals surface area contributed by atoms with E-state index in [-0.39, 0.29) is 6.54 Å². The zero-order valence-corrected chi connectivity index (χ0v) is 18.1. The summed E-state index contributed by atoms with van der Waals surface area (Å²) in [5, 5.41) is 0. The summed E-state index contributed by atoms with van der Waals surface area (Å²) in [5.41, 5.74) is -2.07. The standard InChI is InChI=1S/C20H19N5O8/c1-22-13(26)19(14(27)23(2)17(22)30)12(21-10-11-8-6-5-7-9-11)32-20(33-19)15(28)24(3)18(31)25(4)16(20)29/h5-9H,10H2,1-4H3. The van der Waals surface area contributed by atoms with Crippen molar-refractivity contribution >= 4 is 41.6 Å². The number of hydrogen-bond acceptors (Lipinski definition) is 9. The van der Waals surface area contributed by atoms with Crippen LogP contribution in [0.1, 0.15) is 5.56 Å². The van der Waals surface area contributed by atoms with Crippen molar-refractivity contribution in [2.45, 2.75) is 17.9 Å². The molecule has 0 bridgehead atoms. The summed E-state index contributed by atoms with van der Waals surface area (Å²) >= 11 is 0. The van der Waals surface area contributed by atoms with E-state index >= 15 is 0 Å². The molecular formula is C20H19N5O8. The molecule has 172 valence electrons. The van der Waals surface area contributed by atoms with Gasteiger partial charge in [-0.05, 0) is 5.56 Å². The zero-order valence-electron chi connectivity index (χ0n) is 18.1. The minimum absolute atomic E-state index is 0.105. The molecule has 0 aromatic heterocycles. The Morgan fingerprint density at radius 1 is 0.727 bits per heavy atom. The van der Waals surface area contributed by atoms with Gasteiger partial charge in [-0.3, -0.25) is 43.5 Å². The van der Waals surface area contributed by atoms with Crippen molar-refractivity contribution in [2.75, 3.05) is 28.2 Å². The van der Waals surface area contributed by atoms with Crippen LogP contribution >= 0.6 is 0 Å². The number of carbonyl (C=O) groups excluding carboxylic acids is 6. The van der Waals surface area contributed by atoms with Gasteiger partial charge in [0, 0.05) is 28.2 Å². The summed E-state index contributed by atoms with van der Waals surface area (Å²) in [6.07, 6.45) is 0. The highest BCUT2D eigenvalue weighted by Gasteiger charge is 2.77. The molecule has 0 atom stereocenters. The lowest BCUT2D eigenvalue weighted by atomic mass is 9.97. The number of urea groups is 2. The van der Waals surface area contributed by atoms with Crippen LogP contribution in [0.3, 0.4) is 0 Å². The van der Waals surface area contributed by atoms with Gasteiger partial charge in [-0.25, -0.2) is 14.6 Å². The number of benzene rings is 1. The van der Waals surface area contributed by atoms with Gasteiger partial charge in [0.2, 0.25) is 5.90 Å². The molecule has 0 N–H and O–H groups in total. The number of barbiturate groups is 2. The molecule has 1 aromatic rings. The molecule has 13 heteroatoms. The number of likely N-dealkylation sites (N-methyl/N-ethyl adjacent to an activating group) is 4. The molecule has 3 saturated heterocycles. The van der Waals surface area contributed by atoms with Gasteiger partial charge >= 0.3 is 35.3 Å². The van der Waals surface area contributed by atoms with E-state index in [0.717, 1.165) is 28.2 Å². The molecule has 0 saturated carbocycles. The summed E-state index contributed by atoms with van der Waals surface area (Å²) in [6, 6.07) is 6.76. The maximum Gasteiger partial charge on any atom is 0.377 e. The zero-order chi connectivity index (χ0) is 24.3. The van der Waals surface area contributed by atoms with E-state index in [0.29, 0.717) is 25.2 Å². The number of imide groups is 4. The second-order valence-corrected chi connectivity index (χ2v) is 7.63. The molecule has 2 spiro atoms. The molecule has 3 aliphatic rings. The lowest BCUT2D eigenvalue weighted by Gasteiger charge is -2.39. The van der Waals surface area contributed by atoms with Crippen LogP contribution in [0.15, 0.2) is 35.3 Å². The Balaban J connectivity index is 1.90. The number of hydrogen-bond donors (Lipinski definition) is 0. The van der Waals surface area contributed by atoms with Gasteiger partial charge in [-0.2, -0.15) is 0 Å². The highest BCUT2D eigenvalue weighted by molar-refractivity contribution is 6.36. The van der Waals surface area contributed by atoms with Crippen LogP contribution in [-0.4, -0.2) is 101 Å². The minimum Gasteiger partial charge on any atom is -0.428 e. The summed E-state index contributed by atoms with van der Waals surface area (Å²) in [7, 11) is 4.37. The number of carbonyl (C=O) groups is 6. The number of amides is 8. The van der Waals surface area contributed by atoms with Crippen LogP contribution in [0.5, 0.6) is 0 Å². The van der Waals surface area contributed by atoms with Gasteiger partial charge in [0.15, 0.2) is 0 Å². The Labute approximate surface area is 187 Å². The molecule has 0 radical (unpaired) electrons. The Morgan fingerprint density at radius 3 is 1.67 bits per heavy atom. The van der Waals surface area contributed by atoms with Gasteiger partial charge in [0.05, 0.1) is 6.54 Å². The topological polar surface area (TPSA) is 146 Å². The fourth-order valence-electron chi connectivity index (χ4n) is 3.72. The Morgan fingerprint density at radius 2 is 1.18 bits per heavy atom. The van der Waals surface area contributed by atoms with Crippen molar-refractivity contribution in [1.29, 1.82) is 0 Å². The summed E-state index contributed by atoms with van der Waals surface area (Å²) in [6.45, 7) is -0.105. The van der Waals surface area contributed by atoms with E-state index in [4.69, 9.17) is 9.47 Å². The normalized spacial score (nSPS) is 23.5. The van der Waals surface area contributed by atoms with Crippen LogP contribution in [0.25, 0.3) is 0 Å². The molecule has 1 aromatic carbocycles. The monoisotopic (exact) mass is 457 g/mol. The van der Waals surface area contributed by atoms with Gasteiger partial charge in [0.1, 0.15) is 0 Å². The fourth-order valence-corrected chi connectivity index (χ4v) is 3.72. The van der Waals surface area contributed by atoms with Crippen LogP contribution in [-0.2, 0) is 35.2 Å². The van der Waals surface area contributed by atoms with E-state index in [2.05, 4.69) is 4.99 Å². The van der Waals surface area contributed by atoms with E-state index in [1.54, 1.807) is 30.3 Å². The van der Waals surface area contributed by atoms with Crippen LogP contribution in [0.2, 0.25) is 0 Å². The largest absolute Gasteiger partial charge is 0.428 e. The first kappa shape index (κ1) is 22.1. The van der Waals surface area contributed by atoms with Crippen molar-refractivity contribution < 1.29 is 38.2 Å². The maximum atomic E-state index is 13.3. The molecule has 8 amide bonds. The minimum atomic E-state index is -2.86.